The van der Waals surface area contributed by atoms with Gasteiger partial charge < -0.3 is 20.5 Å². The number of hydrogen-bond acceptors (Lipinski definition) is 4. The second kappa shape index (κ2) is 10.2. The minimum absolute atomic E-state index is 0.0282. The molecule has 3 N–H and O–H groups in total. The molecule has 2 amide bonds. The summed E-state index contributed by atoms with van der Waals surface area (Å²) in [5.74, 6) is -0.681. The summed E-state index contributed by atoms with van der Waals surface area (Å²) in [4.78, 5) is 24.3. The smallest absolute Gasteiger partial charge is 0.255 e. The lowest BCUT2D eigenvalue weighted by Crippen LogP contribution is -2.23. The van der Waals surface area contributed by atoms with Gasteiger partial charge in [0.2, 0.25) is 5.91 Å². The topological polar surface area (TPSA) is 87.7 Å². The first-order chi connectivity index (χ1) is 14.5. The van der Waals surface area contributed by atoms with E-state index in [1.165, 1.54) is 7.11 Å². The number of rotatable bonds is 8. The standard InChI is InChI=1S/C24H24N2O4/c1-30-16-23(28)26-20-9-5-8-19(13-20)15-25-24(29)21-14-18(10-11-22(21)27)12-17-6-3-2-4-7-17/h2-11,13-14,27H,12,15-16H2,1H3,(H,25,29)(H,26,28). The maximum atomic E-state index is 12.6. The molecule has 0 saturated heterocycles. The van der Waals surface area contributed by atoms with E-state index in [9.17, 15) is 14.7 Å². The Morgan fingerprint density at radius 3 is 2.43 bits per heavy atom. The van der Waals surface area contributed by atoms with Gasteiger partial charge in [-0.15, -0.1) is 0 Å². The number of carbonyl (C=O) groups excluding carboxylic acids is 2. The second-order valence-electron chi connectivity index (χ2n) is 6.88. The molecule has 0 aliphatic rings. The van der Waals surface area contributed by atoms with Crippen LogP contribution >= 0.6 is 0 Å². The largest absolute Gasteiger partial charge is 0.507 e. The molecule has 0 fully saturated rings. The van der Waals surface area contributed by atoms with E-state index in [0.717, 1.165) is 16.7 Å². The van der Waals surface area contributed by atoms with Gasteiger partial charge in [-0.25, -0.2) is 0 Å². The van der Waals surface area contributed by atoms with Crippen molar-refractivity contribution in [2.24, 2.45) is 0 Å². The average Bonchev–Trinajstić information content (AvgIpc) is 2.74. The van der Waals surface area contributed by atoms with Gasteiger partial charge in [0.15, 0.2) is 0 Å². The Morgan fingerprint density at radius 1 is 0.900 bits per heavy atom. The highest BCUT2D eigenvalue weighted by molar-refractivity contribution is 5.97. The van der Waals surface area contributed by atoms with Crippen LogP contribution in [0.15, 0.2) is 72.8 Å². The molecule has 3 rings (SSSR count). The van der Waals surface area contributed by atoms with Crippen LogP contribution in [0.4, 0.5) is 5.69 Å². The fourth-order valence-corrected chi connectivity index (χ4v) is 3.07. The number of benzene rings is 3. The van der Waals surface area contributed by atoms with Crippen LogP contribution in [0.1, 0.15) is 27.0 Å². The number of ether oxygens (including phenoxy) is 1. The fourth-order valence-electron chi connectivity index (χ4n) is 3.07. The predicted molar refractivity (Wildman–Crippen MR) is 115 cm³/mol. The normalized spacial score (nSPS) is 10.4. The molecule has 0 radical (unpaired) electrons. The number of phenols is 1. The number of carbonyl (C=O) groups is 2. The lowest BCUT2D eigenvalue weighted by Gasteiger charge is -2.11. The maximum Gasteiger partial charge on any atom is 0.255 e. The summed E-state index contributed by atoms with van der Waals surface area (Å²) < 4.78 is 4.80. The molecular weight excluding hydrogens is 380 g/mol. The first-order valence-corrected chi connectivity index (χ1v) is 9.57. The van der Waals surface area contributed by atoms with E-state index in [0.29, 0.717) is 12.1 Å². The molecule has 3 aromatic carbocycles. The van der Waals surface area contributed by atoms with Gasteiger partial charge in [0, 0.05) is 19.3 Å². The van der Waals surface area contributed by atoms with Crippen LogP contribution in [0.25, 0.3) is 0 Å². The zero-order valence-electron chi connectivity index (χ0n) is 16.7. The lowest BCUT2D eigenvalue weighted by molar-refractivity contribution is -0.119. The van der Waals surface area contributed by atoms with Gasteiger partial charge in [-0.1, -0.05) is 48.5 Å². The fraction of sp³-hybridized carbons (Fsp3) is 0.167. The van der Waals surface area contributed by atoms with E-state index >= 15 is 0 Å². The number of hydrogen-bond donors (Lipinski definition) is 3. The summed E-state index contributed by atoms with van der Waals surface area (Å²) in [5.41, 5.74) is 3.73. The number of anilines is 1. The molecule has 6 heteroatoms. The predicted octanol–water partition coefficient (Wildman–Crippen LogP) is 3.50. The van der Waals surface area contributed by atoms with Crippen molar-refractivity contribution in [3.05, 3.63) is 95.1 Å². The van der Waals surface area contributed by atoms with Crippen molar-refractivity contribution in [1.82, 2.24) is 5.32 Å². The average molecular weight is 404 g/mol. The van der Waals surface area contributed by atoms with Gasteiger partial charge in [0.05, 0.1) is 5.56 Å². The molecule has 0 spiro atoms. The van der Waals surface area contributed by atoms with E-state index in [1.54, 1.807) is 30.3 Å². The van der Waals surface area contributed by atoms with E-state index in [-0.39, 0.29) is 36.3 Å². The van der Waals surface area contributed by atoms with Gasteiger partial charge in [0.1, 0.15) is 12.4 Å². The van der Waals surface area contributed by atoms with Gasteiger partial charge >= 0.3 is 0 Å². The third-order valence-corrected chi connectivity index (χ3v) is 4.50. The maximum absolute atomic E-state index is 12.6. The molecule has 0 unspecified atom stereocenters. The molecule has 0 aliphatic heterocycles. The molecule has 0 bridgehead atoms. The zero-order chi connectivity index (χ0) is 21.3. The molecule has 154 valence electrons. The first-order valence-electron chi connectivity index (χ1n) is 9.57. The molecule has 0 atom stereocenters. The highest BCUT2D eigenvalue weighted by Crippen LogP contribution is 2.21. The van der Waals surface area contributed by atoms with Crippen LogP contribution in [0.3, 0.4) is 0 Å². The molecule has 0 heterocycles. The summed E-state index contributed by atoms with van der Waals surface area (Å²) in [6.45, 7) is 0.231. The Morgan fingerprint density at radius 2 is 1.67 bits per heavy atom. The summed E-state index contributed by atoms with van der Waals surface area (Å²) in [6, 6.07) is 22.2. The summed E-state index contributed by atoms with van der Waals surface area (Å²) in [6.07, 6.45) is 0.671. The van der Waals surface area contributed by atoms with Crippen LogP contribution in [0.5, 0.6) is 5.75 Å². The number of aromatic hydroxyl groups is 1. The third-order valence-electron chi connectivity index (χ3n) is 4.50. The Balaban J connectivity index is 1.65. The van der Waals surface area contributed by atoms with Crippen molar-refractivity contribution < 1.29 is 19.4 Å². The third kappa shape index (κ3) is 5.93. The molecular formula is C24H24N2O4. The highest BCUT2D eigenvalue weighted by atomic mass is 16.5. The monoisotopic (exact) mass is 404 g/mol. The first kappa shape index (κ1) is 21.1. The Labute approximate surface area is 175 Å². The quantitative estimate of drug-likeness (QED) is 0.536. The van der Waals surface area contributed by atoms with Crippen LogP contribution in [-0.2, 0) is 22.5 Å². The van der Waals surface area contributed by atoms with Crippen LogP contribution in [0, 0.1) is 0 Å². The van der Waals surface area contributed by atoms with Crippen molar-refractivity contribution in [1.29, 1.82) is 0 Å². The molecule has 6 nitrogen and oxygen atoms in total. The van der Waals surface area contributed by atoms with E-state index in [1.807, 2.05) is 42.5 Å². The van der Waals surface area contributed by atoms with Gasteiger partial charge in [0.25, 0.3) is 5.91 Å². The van der Waals surface area contributed by atoms with Crippen molar-refractivity contribution >= 4 is 17.5 Å². The molecule has 0 aromatic heterocycles. The van der Waals surface area contributed by atoms with Crippen molar-refractivity contribution in [3.63, 3.8) is 0 Å². The van der Waals surface area contributed by atoms with E-state index in [2.05, 4.69) is 10.6 Å². The molecule has 3 aromatic rings. The molecule has 30 heavy (non-hydrogen) atoms. The van der Waals surface area contributed by atoms with E-state index in [4.69, 9.17) is 4.74 Å². The van der Waals surface area contributed by atoms with Crippen molar-refractivity contribution in [2.75, 3.05) is 19.0 Å². The van der Waals surface area contributed by atoms with Crippen molar-refractivity contribution in [2.45, 2.75) is 13.0 Å². The molecule has 0 aliphatic carbocycles. The Hall–Kier alpha value is -3.64. The van der Waals surface area contributed by atoms with Crippen LogP contribution in [-0.4, -0.2) is 30.6 Å². The summed E-state index contributed by atoms with van der Waals surface area (Å²) in [7, 11) is 1.45. The number of phenolic OH excluding ortho intramolecular Hbond substituents is 1. The SMILES string of the molecule is COCC(=O)Nc1cccc(CNC(=O)c2cc(Cc3ccccc3)ccc2O)c1. The van der Waals surface area contributed by atoms with Gasteiger partial charge in [-0.05, 0) is 47.4 Å². The lowest BCUT2D eigenvalue weighted by atomic mass is 10.0. The Kier molecular flexibility index (Phi) is 7.19. The zero-order valence-corrected chi connectivity index (χ0v) is 16.7. The van der Waals surface area contributed by atoms with E-state index < -0.39 is 0 Å². The number of methoxy groups -OCH3 is 1. The highest BCUT2D eigenvalue weighted by Gasteiger charge is 2.12. The number of amides is 2. The van der Waals surface area contributed by atoms with Gasteiger partial charge in [-0.2, -0.15) is 0 Å². The minimum Gasteiger partial charge on any atom is -0.507 e. The van der Waals surface area contributed by atoms with Gasteiger partial charge in [-0.3, -0.25) is 9.59 Å². The van der Waals surface area contributed by atoms with Crippen molar-refractivity contribution in [3.8, 4) is 5.75 Å². The summed E-state index contributed by atoms with van der Waals surface area (Å²) >= 11 is 0. The van der Waals surface area contributed by atoms with Crippen LogP contribution < -0.4 is 10.6 Å². The number of nitrogens with one attached hydrogen (secondary N) is 2. The Bertz CT molecular complexity index is 1020. The van der Waals surface area contributed by atoms with Crippen LogP contribution in [0.2, 0.25) is 0 Å². The summed E-state index contributed by atoms with van der Waals surface area (Å²) in [5, 5.41) is 15.7. The minimum atomic E-state index is -0.365. The molecule has 0 saturated carbocycles. The second-order valence-corrected chi connectivity index (χ2v) is 6.88.